The molecule has 0 saturated heterocycles. The van der Waals surface area contributed by atoms with Gasteiger partial charge in [-0.05, 0) is 32.1 Å². The summed E-state index contributed by atoms with van der Waals surface area (Å²) < 4.78 is 1.90. The van der Waals surface area contributed by atoms with Crippen LogP contribution >= 0.6 is 11.8 Å². The monoisotopic (exact) mass is 281 g/mol. The fraction of sp³-hybridized carbons (Fsp3) is 0.643. The lowest BCUT2D eigenvalue weighted by molar-refractivity contribution is 0.0920. The molecule has 2 rings (SSSR count). The van der Waals surface area contributed by atoms with E-state index in [2.05, 4.69) is 11.6 Å². The van der Waals surface area contributed by atoms with Crippen LogP contribution in [0.15, 0.2) is 12.3 Å². The molecule has 106 valence electrons. The van der Waals surface area contributed by atoms with Gasteiger partial charge in [-0.25, -0.2) is 0 Å². The maximum absolute atomic E-state index is 12.4. The van der Waals surface area contributed by atoms with Gasteiger partial charge in [-0.3, -0.25) is 4.79 Å². The lowest BCUT2D eigenvalue weighted by Gasteiger charge is -2.31. The van der Waals surface area contributed by atoms with E-state index in [1.807, 2.05) is 29.4 Å². The van der Waals surface area contributed by atoms with Crippen LogP contribution in [0.3, 0.4) is 0 Å². The van der Waals surface area contributed by atoms with Crippen LogP contribution in [0.5, 0.6) is 0 Å². The summed E-state index contributed by atoms with van der Waals surface area (Å²) in [5.41, 5.74) is 7.10. The van der Waals surface area contributed by atoms with Crippen LogP contribution in [0.25, 0.3) is 0 Å². The Morgan fingerprint density at radius 2 is 2.26 bits per heavy atom. The molecule has 1 heterocycles. The van der Waals surface area contributed by atoms with Crippen LogP contribution in [0.2, 0.25) is 0 Å². The standard InChI is InChI=1S/C14H23N3OS/c1-3-17-9-10(15)8-12(17)14(18)16-11-6-4-5-7-13(11)19-2/h8-9,11,13H,3-7,15H2,1-2H3,(H,16,18). The molecule has 1 aliphatic rings. The van der Waals surface area contributed by atoms with Gasteiger partial charge in [-0.2, -0.15) is 11.8 Å². The predicted molar refractivity (Wildman–Crippen MR) is 81.5 cm³/mol. The molecule has 0 radical (unpaired) electrons. The van der Waals surface area contributed by atoms with Gasteiger partial charge in [0.2, 0.25) is 0 Å². The smallest absolute Gasteiger partial charge is 0.268 e. The Bertz CT molecular complexity index is 444. The molecule has 0 aromatic carbocycles. The molecule has 1 saturated carbocycles. The number of aromatic nitrogens is 1. The number of nitrogens with one attached hydrogen (secondary N) is 1. The molecule has 3 N–H and O–H groups in total. The molecule has 19 heavy (non-hydrogen) atoms. The highest BCUT2D eigenvalue weighted by Gasteiger charge is 2.26. The van der Waals surface area contributed by atoms with Gasteiger partial charge >= 0.3 is 0 Å². The third-order valence-corrected chi connectivity index (χ3v) is 4.98. The van der Waals surface area contributed by atoms with Crippen LogP contribution in [0.4, 0.5) is 5.69 Å². The van der Waals surface area contributed by atoms with Crippen LogP contribution in [-0.4, -0.2) is 28.0 Å². The second kappa shape index (κ2) is 6.37. The van der Waals surface area contributed by atoms with Crippen molar-refractivity contribution < 1.29 is 4.79 Å². The number of nitrogens with zero attached hydrogens (tertiary/aromatic N) is 1. The molecule has 1 aromatic rings. The minimum absolute atomic E-state index is 0.00417. The van der Waals surface area contributed by atoms with Crippen LogP contribution < -0.4 is 11.1 Å². The first-order valence-electron chi connectivity index (χ1n) is 6.95. The summed E-state index contributed by atoms with van der Waals surface area (Å²) in [4.78, 5) is 12.4. The van der Waals surface area contributed by atoms with Crippen LogP contribution in [0.1, 0.15) is 43.1 Å². The maximum Gasteiger partial charge on any atom is 0.268 e. The zero-order valence-corrected chi connectivity index (χ0v) is 12.5. The van der Waals surface area contributed by atoms with Crippen molar-refractivity contribution >= 4 is 23.4 Å². The average Bonchev–Trinajstić information content (AvgIpc) is 2.80. The lowest BCUT2D eigenvalue weighted by Crippen LogP contribution is -2.44. The van der Waals surface area contributed by atoms with E-state index in [4.69, 9.17) is 5.73 Å². The van der Waals surface area contributed by atoms with E-state index >= 15 is 0 Å². The average molecular weight is 281 g/mol. The van der Waals surface area contributed by atoms with Gasteiger partial charge in [-0.15, -0.1) is 0 Å². The van der Waals surface area contributed by atoms with Crippen molar-refractivity contribution in [2.45, 2.75) is 50.4 Å². The molecule has 2 unspecified atom stereocenters. The number of anilines is 1. The van der Waals surface area contributed by atoms with Crippen molar-refractivity contribution in [3.8, 4) is 0 Å². The molecular formula is C14H23N3OS. The molecule has 5 heteroatoms. The first kappa shape index (κ1) is 14.3. The van der Waals surface area contributed by atoms with Gasteiger partial charge in [-0.1, -0.05) is 12.8 Å². The molecule has 1 aliphatic carbocycles. The largest absolute Gasteiger partial charge is 0.397 e. The lowest BCUT2D eigenvalue weighted by atomic mass is 9.95. The summed E-state index contributed by atoms with van der Waals surface area (Å²) in [5, 5.41) is 3.73. The number of nitrogen functional groups attached to an aromatic ring is 1. The Balaban J connectivity index is 2.07. The van der Waals surface area contributed by atoms with E-state index in [1.165, 1.54) is 19.3 Å². The van der Waals surface area contributed by atoms with Crippen molar-refractivity contribution in [1.29, 1.82) is 0 Å². The number of amides is 1. The molecule has 0 bridgehead atoms. The minimum Gasteiger partial charge on any atom is -0.397 e. The highest BCUT2D eigenvalue weighted by atomic mass is 32.2. The van der Waals surface area contributed by atoms with Crippen molar-refractivity contribution in [1.82, 2.24) is 9.88 Å². The van der Waals surface area contributed by atoms with E-state index in [9.17, 15) is 4.79 Å². The minimum atomic E-state index is 0.00417. The topological polar surface area (TPSA) is 60.0 Å². The maximum atomic E-state index is 12.4. The summed E-state index contributed by atoms with van der Waals surface area (Å²) in [6.07, 6.45) is 8.71. The van der Waals surface area contributed by atoms with E-state index in [-0.39, 0.29) is 11.9 Å². The van der Waals surface area contributed by atoms with Gasteiger partial charge in [0.15, 0.2) is 0 Å². The highest BCUT2D eigenvalue weighted by molar-refractivity contribution is 7.99. The highest BCUT2D eigenvalue weighted by Crippen LogP contribution is 2.27. The van der Waals surface area contributed by atoms with E-state index in [0.29, 0.717) is 16.6 Å². The SMILES string of the molecule is CCn1cc(N)cc1C(=O)NC1CCCCC1SC. The second-order valence-electron chi connectivity index (χ2n) is 5.08. The first-order chi connectivity index (χ1) is 9.15. The summed E-state index contributed by atoms with van der Waals surface area (Å²) in [7, 11) is 0. The van der Waals surface area contributed by atoms with Crippen molar-refractivity contribution in [3.05, 3.63) is 18.0 Å². The fourth-order valence-corrected chi connectivity index (χ4v) is 3.71. The number of hydrogen-bond acceptors (Lipinski definition) is 3. The number of thioether (sulfide) groups is 1. The summed E-state index contributed by atoms with van der Waals surface area (Å²) >= 11 is 1.86. The van der Waals surface area contributed by atoms with Gasteiger partial charge < -0.3 is 15.6 Å². The Kier molecular flexibility index (Phi) is 4.80. The summed E-state index contributed by atoms with van der Waals surface area (Å²) in [5.74, 6) is 0.00417. The number of carbonyl (C=O) groups is 1. The summed E-state index contributed by atoms with van der Waals surface area (Å²) in [6, 6.07) is 2.05. The third kappa shape index (κ3) is 3.26. The van der Waals surface area contributed by atoms with Crippen molar-refractivity contribution in [3.63, 3.8) is 0 Å². The van der Waals surface area contributed by atoms with Gasteiger partial charge in [0, 0.05) is 24.0 Å². The molecule has 0 spiro atoms. The summed E-state index contributed by atoms with van der Waals surface area (Å²) in [6.45, 7) is 2.78. The van der Waals surface area contributed by atoms with Crippen molar-refractivity contribution in [2.24, 2.45) is 0 Å². The molecule has 2 atom stereocenters. The van der Waals surface area contributed by atoms with E-state index in [0.717, 1.165) is 13.0 Å². The zero-order chi connectivity index (χ0) is 13.8. The van der Waals surface area contributed by atoms with Gasteiger partial charge in [0.25, 0.3) is 5.91 Å². The molecule has 1 aromatic heterocycles. The Hall–Kier alpha value is -1.10. The Morgan fingerprint density at radius 1 is 1.53 bits per heavy atom. The number of rotatable bonds is 4. The molecule has 0 aliphatic heterocycles. The van der Waals surface area contributed by atoms with Crippen LogP contribution in [0, 0.1) is 0 Å². The number of carbonyl (C=O) groups excluding carboxylic acids is 1. The normalized spacial score (nSPS) is 23.3. The first-order valence-corrected chi connectivity index (χ1v) is 8.23. The Morgan fingerprint density at radius 3 is 2.95 bits per heavy atom. The third-order valence-electron chi connectivity index (χ3n) is 3.81. The Labute approximate surface area is 119 Å². The van der Waals surface area contributed by atoms with E-state index < -0.39 is 0 Å². The number of hydrogen-bond donors (Lipinski definition) is 2. The molecular weight excluding hydrogens is 258 g/mol. The van der Waals surface area contributed by atoms with Gasteiger partial charge in [0.05, 0.1) is 5.69 Å². The molecule has 1 fully saturated rings. The quantitative estimate of drug-likeness (QED) is 0.891. The number of nitrogens with two attached hydrogens (primary N) is 1. The predicted octanol–water partition coefficient (Wildman–Crippen LogP) is 2.49. The van der Waals surface area contributed by atoms with Gasteiger partial charge in [0.1, 0.15) is 5.69 Å². The van der Waals surface area contributed by atoms with Crippen molar-refractivity contribution in [2.75, 3.05) is 12.0 Å². The van der Waals surface area contributed by atoms with Crippen LogP contribution in [-0.2, 0) is 6.54 Å². The second-order valence-corrected chi connectivity index (χ2v) is 6.16. The van der Waals surface area contributed by atoms with E-state index in [1.54, 1.807) is 6.07 Å². The molecule has 4 nitrogen and oxygen atoms in total. The molecule has 1 amide bonds. The number of aryl methyl sites for hydroxylation is 1. The fourth-order valence-electron chi connectivity index (χ4n) is 2.77. The zero-order valence-electron chi connectivity index (χ0n) is 11.7.